The molecule has 4 nitrogen and oxygen atoms in total. The van der Waals surface area contributed by atoms with Crippen molar-refractivity contribution in [2.75, 3.05) is 6.61 Å². The molecule has 1 aliphatic rings. The number of carbonyl (C=O) groups is 1. The fourth-order valence-electron chi connectivity index (χ4n) is 0.397. The molecule has 0 aromatic heterocycles. The van der Waals surface area contributed by atoms with E-state index in [1.165, 1.54) is 6.20 Å². The first kappa shape index (κ1) is 5.11. The summed E-state index contributed by atoms with van der Waals surface area (Å²) in [7, 11) is 0. The lowest BCUT2D eigenvalue weighted by atomic mass is 10.3. The highest BCUT2D eigenvalue weighted by molar-refractivity contribution is 5.86. The van der Waals surface area contributed by atoms with E-state index in [0.29, 0.717) is 0 Å². The van der Waals surface area contributed by atoms with Gasteiger partial charge >= 0.3 is 5.97 Å². The summed E-state index contributed by atoms with van der Waals surface area (Å²) >= 11 is 0. The second-order valence-corrected chi connectivity index (χ2v) is 1.38. The molecular weight excluding hydrogens is 110 g/mol. The van der Waals surface area contributed by atoms with Gasteiger partial charge in [0.05, 0.1) is 5.57 Å². The van der Waals surface area contributed by atoms with Gasteiger partial charge in [-0.05, 0) is 0 Å². The van der Waals surface area contributed by atoms with E-state index in [0.717, 1.165) is 0 Å². The Morgan fingerprint density at radius 2 is 2.75 bits per heavy atom. The van der Waals surface area contributed by atoms with Crippen molar-refractivity contribution in [2.24, 2.45) is 0 Å². The van der Waals surface area contributed by atoms with Crippen LogP contribution in [0.3, 0.4) is 0 Å². The number of carboxylic acids is 1. The van der Waals surface area contributed by atoms with Crippen LogP contribution in [0.4, 0.5) is 0 Å². The molecule has 8 heavy (non-hydrogen) atoms. The van der Waals surface area contributed by atoms with Gasteiger partial charge in [0.15, 0.2) is 0 Å². The maximum Gasteiger partial charge on any atom is 0.335 e. The van der Waals surface area contributed by atoms with E-state index in [4.69, 9.17) is 5.11 Å². The van der Waals surface area contributed by atoms with Crippen molar-refractivity contribution < 1.29 is 14.7 Å². The second-order valence-electron chi connectivity index (χ2n) is 1.38. The molecule has 0 atom stereocenters. The molecule has 1 heterocycles. The number of carboxylic acid groups (broad SMARTS) is 1. The molecule has 1 rings (SSSR count). The van der Waals surface area contributed by atoms with Crippen molar-refractivity contribution in [2.45, 2.75) is 0 Å². The van der Waals surface area contributed by atoms with Crippen LogP contribution in [0.1, 0.15) is 0 Å². The Hall–Kier alpha value is -1.03. The number of hydrogen-bond acceptors (Lipinski definition) is 3. The van der Waals surface area contributed by atoms with Crippen LogP contribution < -0.4 is 5.48 Å². The summed E-state index contributed by atoms with van der Waals surface area (Å²) < 4.78 is 0. The zero-order valence-corrected chi connectivity index (χ0v) is 4.05. The Morgan fingerprint density at radius 3 is 3.00 bits per heavy atom. The minimum absolute atomic E-state index is 0.148. The normalized spacial score (nSPS) is 17.2. The first-order valence-corrected chi connectivity index (χ1v) is 2.10. The molecule has 0 radical (unpaired) electrons. The molecule has 2 N–H and O–H groups in total. The molecule has 44 valence electrons. The molecule has 0 aromatic rings. The van der Waals surface area contributed by atoms with Crippen LogP contribution >= 0.6 is 0 Å². The van der Waals surface area contributed by atoms with Crippen molar-refractivity contribution in [3.8, 4) is 0 Å². The van der Waals surface area contributed by atoms with E-state index in [1.54, 1.807) is 0 Å². The molecule has 0 aromatic carbocycles. The molecule has 0 fully saturated rings. The smallest absolute Gasteiger partial charge is 0.335 e. The Balaban J connectivity index is 2.57. The number of rotatable bonds is 1. The van der Waals surface area contributed by atoms with Gasteiger partial charge in [0.1, 0.15) is 6.61 Å². The first-order valence-electron chi connectivity index (χ1n) is 2.10. The number of hydrogen-bond donors (Lipinski definition) is 2. The summed E-state index contributed by atoms with van der Waals surface area (Å²) in [6.07, 6.45) is 1.32. The molecule has 4 heteroatoms. The topological polar surface area (TPSA) is 58.6 Å². The molecule has 0 saturated carbocycles. The molecule has 0 spiro atoms. The van der Waals surface area contributed by atoms with Crippen molar-refractivity contribution in [3.05, 3.63) is 11.8 Å². The van der Waals surface area contributed by atoms with Crippen LogP contribution in [-0.2, 0) is 9.63 Å². The predicted octanol–water partition coefficient (Wildman–Crippen LogP) is -0.510. The minimum atomic E-state index is -0.935. The summed E-state index contributed by atoms with van der Waals surface area (Å²) in [4.78, 5) is 14.5. The molecular formula is C4H5NO3. The molecule has 0 bridgehead atoms. The monoisotopic (exact) mass is 115 g/mol. The Kier molecular flexibility index (Phi) is 1.17. The Labute approximate surface area is 45.7 Å². The maximum absolute atomic E-state index is 10.0. The van der Waals surface area contributed by atoms with Crippen molar-refractivity contribution >= 4 is 5.97 Å². The van der Waals surface area contributed by atoms with Crippen molar-refractivity contribution in [1.82, 2.24) is 5.48 Å². The van der Waals surface area contributed by atoms with Crippen LogP contribution in [-0.4, -0.2) is 17.7 Å². The lowest BCUT2D eigenvalue weighted by molar-refractivity contribution is -0.133. The Morgan fingerprint density at radius 1 is 2.00 bits per heavy atom. The molecule has 0 saturated heterocycles. The first-order chi connectivity index (χ1) is 3.80. The van der Waals surface area contributed by atoms with Gasteiger partial charge in [0, 0.05) is 6.20 Å². The van der Waals surface area contributed by atoms with Gasteiger partial charge in [0.2, 0.25) is 0 Å². The third-order valence-electron chi connectivity index (χ3n) is 0.819. The van der Waals surface area contributed by atoms with Crippen LogP contribution in [0.25, 0.3) is 0 Å². The second kappa shape index (κ2) is 1.83. The highest BCUT2D eigenvalue weighted by Crippen LogP contribution is 1.97. The van der Waals surface area contributed by atoms with Crippen molar-refractivity contribution in [3.63, 3.8) is 0 Å². The Bertz CT molecular complexity index is 140. The van der Waals surface area contributed by atoms with Gasteiger partial charge < -0.3 is 5.11 Å². The van der Waals surface area contributed by atoms with Gasteiger partial charge in [-0.15, -0.1) is 0 Å². The SMILES string of the molecule is O=C(O)C1=CNOC1. The van der Waals surface area contributed by atoms with Crippen LogP contribution in [0.2, 0.25) is 0 Å². The summed E-state index contributed by atoms with van der Waals surface area (Å²) in [6, 6.07) is 0. The van der Waals surface area contributed by atoms with E-state index < -0.39 is 5.97 Å². The third-order valence-corrected chi connectivity index (χ3v) is 0.819. The third kappa shape index (κ3) is 0.788. The largest absolute Gasteiger partial charge is 0.478 e. The van der Waals surface area contributed by atoms with Gasteiger partial charge in [-0.3, -0.25) is 10.3 Å². The highest BCUT2D eigenvalue weighted by Gasteiger charge is 2.10. The summed E-state index contributed by atoms with van der Waals surface area (Å²) in [6.45, 7) is 0.148. The summed E-state index contributed by atoms with van der Waals surface area (Å²) in [5, 5.41) is 8.22. The molecule has 1 aliphatic heterocycles. The summed E-state index contributed by atoms with van der Waals surface area (Å²) in [5.74, 6) is -0.935. The molecule has 0 amide bonds. The average molecular weight is 115 g/mol. The number of aliphatic carboxylic acids is 1. The lowest BCUT2D eigenvalue weighted by Crippen LogP contribution is -2.01. The predicted molar refractivity (Wildman–Crippen MR) is 24.8 cm³/mol. The van der Waals surface area contributed by atoms with E-state index in [2.05, 4.69) is 10.3 Å². The molecule has 0 aliphatic carbocycles. The van der Waals surface area contributed by atoms with E-state index >= 15 is 0 Å². The van der Waals surface area contributed by atoms with Gasteiger partial charge in [-0.25, -0.2) is 4.79 Å². The minimum Gasteiger partial charge on any atom is -0.478 e. The van der Waals surface area contributed by atoms with Gasteiger partial charge in [0.25, 0.3) is 0 Å². The van der Waals surface area contributed by atoms with E-state index in [-0.39, 0.29) is 12.2 Å². The van der Waals surface area contributed by atoms with Crippen molar-refractivity contribution in [1.29, 1.82) is 0 Å². The zero-order valence-electron chi connectivity index (χ0n) is 4.05. The fourth-order valence-corrected chi connectivity index (χ4v) is 0.397. The summed E-state index contributed by atoms with van der Waals surface area (Å²) in [5.41, 5.74) is 2.57. The maximum atomic E-state index is 10.0. The van der Waals surface area contributed by atoms with Crippen LogP contribution in [0, 0.1) is 0 Å². The van der Waals surface area contributed by atoms with Gasteiger partial charge in [-0.1, -0.05) is 0 Å². The molecule has 0 unspecified atom stereocenters. The van der Waals surface area contributed by atoms with Crippen LogP contribution in [0.5, 0.6) is 0 Å². The number of nitrogens with one attached hydrogen (secondary N) is 1. The average Bonchev–Trinajstić information content (AvgIpc) is 2.12. The quantitative estimate of drug-likeness (QED) is 0.483. The van der Waals surface area contributed by atoms with Crippen LogP contribution in [0.15, 0.2) is 11.8 Å². The van der Waals surface area contributed by atoms with Gasteiger partial charge in [-0.2, -0.15) is 0 Å². The van der Waals surface area contributed by atoms with E-state index in [9.17, 15) is 4.79 Å². The number of hydroxylamine groups is 1. The standard InChI is InChI=1S/C4H5NO3/c6-4(7)3-1-5-8-2-3/h1,5H,2H2,(H,6,7). The lowest BCUT2D eigenvalue weighted by Gasteiger charge is -1.86. The zero-order chi connectivity index (χ0) is 5.98. The van der Waals surface area contributed by atoms with E-state index in [1.807, 2.05) is 0 Å². The highest BCUT2D eigenvalue weighted by atomic mass is 16.6. The fraction of sp³-hybridized carbons (Fsp3) is 0.250.